The Labute approximate surface area is 176 Å². The highest BCUT2D eigenvalue weighted by molar-refractivity contribution is 5.73. The lowest BCUT2D eigenvalue weighted by Crippen LogP contribution is -2.46. The number of rotatable bonds is 9. The summed E-state index contributed by atoms with van der Waals surface area (Å²) in [6, 6.07) is 12.4. The predicted octanol–water partition coefficient (Wildman–Crippen LogP) is 4.81. The van der Waals surface area contributed by atoms with Crippen molar-refractivity contribution < 1.29 is 9.90 Å². The first kappa shape index (κ1) is 22.0. The molecule has 2 saturated carbocycles. The van der Waals surface area contributed by atoms with Crippen molar-refractivity contribution in [2.45, 2.75) is 77.4 Å². The molecule has 2 aliphatic rings. The minimum atomic E-state index is -0.713. The van der Waals surface area contributed by atoms with E-state index in [0.717, 1.165) is 19.3 Å². The average molecular weight is 399 g/mol. The molecule has 160 valence electrons. The van der Waals surface area contributed by atoms with Gasteiger partial charge in [0.05, 0.1) is 5.41 Å². The summed E-state index contributed by atoms with van der Waals surface area (Å²) >= 11 is 0. The maximum absolute atomic E-state index is 11.4. The molecular weight excluding hydrogens is 360 g/mol. The van der Waals surface area contributed by atoms with E-state index in [2.05, 4.69) is 60.6 Å². The lowest BCUT2D eigenvalue weighted by atomic mass is 9.87. The van der Waals surface area contributed by atoms with Crippen LogP contribution in [-0.2, 0) is 4.79 Å². The van der Waals surface area contributed by atoms with Gasteiger partial charge in [0.25, 0.3) is 0 Å². The van der Waals surface area contributed by atoms with Gasteiger partial charge in [0, 0.05) is 24.7 Å². The highest BCUT2D eigenvalue weighted by atomic mass is 16.4. The van der Waals surface area contributed by atoms with Crippen LogP contribution >= 0.6 is 0 Å². The Hall–Kier alpha value is -1.65. The molecule has 0 saturated heterocycles. The smallest absolute Gasteiger partial charge is 0.310 e. The fraction of sp³-hybridized carbons (Fsp3) is 0.640. The summed E-state index contributed by atoms with van der Waals surface area (Å²) in [6.45, 7) is 6.52. The third kappa shape index (κ3) is 5.93. The Balaban J connectivity index is 1.45. The van der Waals surface area contributed by atoms with Gasteiger partial charge in [-0.25, -0.2) is 0 Å². The lowest BCUT2D eigenvalue weighted by Gasteiger charge is -2.37. The number of hydrogen-bond acceptors (Lipinski definition) is 3. The summed E-state index contributed by atoms with van der Waals surface area (Å²) in [5.74, 6) is -0.0215. The second-order valence-electron chi connectivity index (χ2n) is 9.71. The van der Waals surface area contributed by atoms with Gasteiger partial charge in [0.15, 0.2) is 0 Å². The van der Waals surface area contributed by atoms with Crippen molar-refractivity contribution in [3.63, 3.8) is 0 Å². The topological polar surface area (TPSA) is 52.6 Å². The van der Waals surface area contributed by atoms with Crippen LogP contribution in [0.4, 0.5) is 0 Å². The van der Waals surface area contributed by atoms with Gasteiger partial charge in [0.2, 0.25) is 0 Å². The second-order valence-corrected chi connectivity index (χ2v) is 9.71. The first-order valence-electron chi connectivity index (χ1n) is 11.3. The van der Waals surface area contributed by atoms with Crippen LogP contribution in [0.15, 0.2) is 35.9 Å². The Morgan fingerprint density at radius 3 is 2.45 bits per heavy atom. The molecule has 1 aromatic rings. The normalized spacial score (nSPS) is 27.8. The zero-order chi connectivity index (χ0) is 21.0. The molecule has 0 unspecified atom stereocenters. The summed E-state index contributed by atoms with van der Waals surface area (Å²) < 4.78 is 0. The fourth-order valence-electron chi connectivity index (χ4n) is 4.83. The maximum atomic E-state index is 11.4. The fourth-order valence-corrected chi connectivity index (χ4v) is 4.83. The molecule has 4 nitrogen and oxygen atoms in total. The predicted molar refractivity (Wildman–Crippen MR) is 120 cm³/mol. The minimum absolute atomic E-state index is 0.505. The van der Waals surface area contributed by atoms with Crippen molar-refractivity contribution in [1.29, 1.82) is 0 Å². The third-order valence-corrected chi connectivity index (χ3v) is 6.82. The van der Waals surface area contributed by atoms with Gasteiger partial charge >= 0.3 is 5.97 Å². The molecule has 4 heteroatoms. The summed E-state index contributed by atoms with van der Waals surface area (Å²) in [7, 11) is 2.09. The number of carboxylic acids is 1. The van der Waals surface area contributed by atoms with Crippen LogP contribution in [0.2, 0.25) is 0 Å². The van der Waals surface area contributed by atoms with E-state index in [9.17, 15) is 9.90 Å². The monoisotopic (exact) mass is 398 g/mol. The van der Waals surface area contributed by atoms with Crippen LogP contribution in [-0.4, -0.2) is 47.7 Å². The van der Waals surface area contributed by atoms with E-state index in [4.69, 9.17) is 0 Å². The van der Waals surface area contributed by atoms with Crippen LogP contribution in [0, 0.1) is 11.3 Å². The van der Waals surface area contributed by atoms with E-state index in [1.54, 1.807) is 5.57 Å². The first-order chi connectivity index (χ1) is 13.8. The SMILES string of the molecule is CC/C(=C\c1ccccc1)[C@@H]1C[C@H]1NC1CCC(N(C)CC(C)(C)C(=O)O)CC1. The summed E-state index contributed by atoms with van der Waals surface area (Å²) in [5, 5.41) is 13.3. The van der Waals surface area contributed by atoms with E-state index in [1.165, 1.54) is 24.8 Å². The van der Waals surface area contributed by atoms with Crippen molar-refractivity contribution in [3.05, 3.63) is 41.5 Å². The van der Waals surface area contributed by atoms with Crippen molar-refractivity contribution in [2.24, 2.45) is 11.3 Å². The van der Waals surface area contributed by atoms with Crippen LogP contribution in [0.3, 0.4) is 0 Å². The molecule has 0 amide bonds. The molecule has 0 radical (unpaired) electrons. The molecule has 3 rings (SSSR count). The number of carbonyl (C=O) groups is 1. The summed E-state index contributed by atoms with van der Waals surface area (Å²) in [4.78, 5) is 13.7. The minimum Gasteiger partial charge on any atom is -0.481 e. The van der Waals surface area contributed by atoms with Crippen molar-refractivity contribution in [2.75, 3.05) is 13.6 Å². The maximum Gasteiger partial charge on any atom is 0.310 e. The number of nitrogens with zero attached hydrogens (tertiary/aromatic N) is 1. The highest BCUT2D eigenvalue weighted by Crippen LogP contribution is 2.41. The Kier molecular flexibility index (Phi) is 7.18. The molecule has 2 fully saturated rings. The van der Waals surface area contributed by atoms with Gasteiger partial charge in [0.1, 0.15) is 0 Å². The van der Waals surface area contributed by atoms with E-state index < -0.39 is 11.4 Å². The number of hydrogen-bond donors (Lipinski definition) is 2. The Morgan fingerprint density at radius 1 is 1.21 bits per heavy atom. The molecule has 0 heterocycles. The number of aliphatic carboxylic acids is 1. The van der Waals surface area contributed by atoms with Gasteiger partial charge in [-0.3, -0.25) is 4.79 Å². The van der Waals surface area contributed by atoms with Crippen LogP contribution in [0.1, 0.15) is 64.9 Å². The number of carboxylic acid groups (broad SMARTS) is 1. The van der Waals surface area contributed by atoms with E-state index in [-0.39, 0.29) is 0 Å². The Morgan fingerprint density at radius 2 is 1.86 bits per heavy atom. The second kappa shape index (κ2) is 9.44. The van der Waals surface area contributed by atoms with E-state index in [1.807, 2.05) is 13.8 Å². The molecule has 0 bridgehead atoms. The molecule has 2 atom stereocenters. The van der Waals surface area contributed by atoms with E-state index >= 15 is 0 Å². The molecule has 2 N–H and O–H groups in total. The van der Waals surface area contributed by atoms with Gasteiger partial charge in [-0.2, -0.15) is 0 Å². The van der Waals surface area contributed by atoms with Crippen molar-refractivity contribution in [1.82, 2.24) is 10.2 Å². The standard InChI is InChI=1S/C25H38N2O2/c1-5-19(15-18-9-7-6-8-10-18)22-16-23(22)26-20-11-13-21(14-12-20)27(4)17-25(2,3)24(28)29/h6-10,15,20-23,26H,5,11-14,16-17H2,1-4H3,(H,28,29)/b19-15+/t20?,21?,22-,23+/m0/s1. The van der Waals surface area contributed by atoms with Gasteiger partial charge in [-0.05, 0) is 70.9 Å². The number of benzene rings is 1. The van der Waals surface area contributed by atoms with Crippen molar-refractivity contribution >= 4 is 12.0 Å². The molecule has 0 aliphatic heterocycles. The molecule has 29 heavy (non-hydrogen) atoms. The first-order valence-corrected chi connectivity index (χ1v) is 11.3. The molecule has 2 aliphatic carbocycles. The van der Waals surface area contributed by atoms with Crippen LogP contribution < -0.4 is 5.32 Å². The zero-order valence-electron chi connectivity index (χ0n) is 18.5. The van der Waals surface area contributed by atoms with Crippen molar-refractivity contribution in [3.8, 4) is 0 Å². The van der Waals surface area contributed by atoms with E-state index in [0.29, 0.717) is 30.6 Å². The molecular formula is C25H38N2O2. The van der Waals surface area contributed by atoms with Gasteiger partial charge < -0.3 is 15.3 Å². The summed E-state index contributed by atoms with van der Waals surface area (Å²) in [6.07, 6.45) is 9.45. The molecule has 0 aromatic heterocycles. The van der Waals surface area contributed by atoms with Gasteiger partial charge in [-0.15, -0.1) is 0 Å². The van der Waals surface area contributed by atoms with Crippen LogP contribution in [0.5, 0.6) is 0 Å². The average Bonchev–Trinajstić information content (AvgIpc) is 3.45. The lowest BCUT2D eigenvalue weighted by molar-refractivity contribution is -0.148. The largest absolute Gasteiger partial charge is 0.481 e. The quantitative estimate of drug-likeness (QED) is 0.627. The Bertz CT molecular complexity index is 705. The third-order valence-electron chi connectivity index (χ3n) is 6.82. The number of nitrogens with one attached hydrogen (secondary N) is 1. The van der Waals surface area contributed by atoms with Gasteiger partial charge in [-0.1, -0.05) is 48.9 Å². The summed E-state index contributed by atoms with van der Waals surface area (Å²) in [5.41, 5.74) is 2.19. The van der Waals surface area contributed by atoms with Crippen LogP contribution in [0.25, 0.3) is 6.08 Å². The zero-order valence-corrected chi connectivity index (χ0v) is 18.5. The molecule has 1 aromatic carbocycles. The highest BCUT2D eigenvalue weighted by Gasteiger charge is 2.41. The molecule has 0 spiro atoms.